The van der Waals surface area contributed by atoms with Crippen LogP contribution in [0.5, 0.6) is 0 Å². The van der Waals surface area contributed by atoms with Crippen LogP contribution < -0.4 is 5.43 Å². The normalized spacial score (nSPS) is 10.8. The number of amides is 1. The minimum absolute atomic E-state index is 0.335. The number of thiophene rings is 1. The fourth-order valence-electron chi connectivity index (χ4n) is 2.77. The van der Waals surface area contributed by atoms with Gasteiger partial charge in [0.1, 0.15) is 4.88 Å². The molecule has 27 heavy (non-hydrogen) atoms. The average Bonchev–Trinajstić information content (AvgIpc) is 3.11. The van der Waals surface area contributed by atoms with Gasteiger partial charge in [0.05, 0.1) is 5.02 Å². The van der Waals surface area contributed by atoms with Crippen LogP contribution in [0.3, 0.4) is 0 Å². The molecule has 0 spiro atoms. The first-order valence-corrected chi connectivity index (χ1v) is 9.33. The zero-order chi connectivity index (χ0) is 19.7. The summed E-state index contributed by atoms with van der Waals surface area (Å²) in [4.78, 5) is 36.3. The van der Waals surface area contributed by atoms with Gasteiger partial charge >= 0.3 is 5.97 Å². The number of rotatable bonds is 5. The molecular formula is C19H17ClN2O4S. The van der Waals surface area contributed by atoms with Crippen LogP contribution in [-0.2, 0) is 9.53 Å². The summed E-state index contributed by atoms with van der Waals surface area (Å²) in [5.74, 6) is -1.22. The van der Waals surface area contributed by atoms with Crippen molar-refractivity contribution in [2.24, 2.45) is 0 Å². The monoisotopic (exact) mass is 404 g/mol. The van der Waals surface area contributed by atoms with Gasteiger partial charge in [0.2, 0.25) is 5.78 Å². The third-order valence-electron chi connectivity index (χ3n) is 4.09. The number of Topliss-reactive ketones (excluding diaryl/α,β-unsaturated/α-hetero) is 1. The van der Waals surface area contributed by atoms with Crippen LogP contribution in [0, 0.1) is 13.8 Å². The smallest absolute Gasteiger partial charge is 0.303 e. The summed E-state index contributed by atoms with van der Waals surface area (Å²) < 4.78 is 7.22. The molecule has 0 radical (unpaired) electrons. The molecule has 3 aromatic rings. The van der Waals surface area contributed by atoms with Crippen LogP contribution >= 0.6 is 22.9 Å². The number of halogens is 1. The first kappa shape index (κ1) is 19.1. The Labute approximate surface area is 164 Å². The van der Waals surface area contributed by atoms with E-state index in [4.69, 9.17) is 16.3 Å². The summed E-state index contributed by atoms with van der Waals surface area (Å²) in [5.41, 5.74) is 4.39. The number of esters is 1. The molecular weight excluding hydrogens is 388 g/mol. The molecule has 0 saturated heterocycles. The van der Waals surface area contributed by atoms with Gasteiger partial charge in [-0.25, -0.2) is 0 Å². The number of hydrogen-bond donors (Lipinski definition) is 1. The largest absolute Gasteiger partial charge is 0.457 e. The number of benzene rings is 1. The molecule has 0 aliphatic carbocycles. The maximum Gasteiger partial charge on any atom is 0.303 e. The molecule has 3 rings (SSSR count). The summed E-state index contributed by atoms with van der Waals surface area (Å²) in [7, 11) is 0. The van der Waals surface area contributed by atoms with Gasteiger partial charge in [-0.15, -0.1) is 11.3 Å². The number of nitrogens with one attached hydrogen (secondary N) is 1. The van der Waals surface area contributed by atoms with Gasteiger partial charge in [0, 0.05) is 34.0 Å². The van der Waals surface area contributed by atoms with Crippen LogP contribution in [0.1, 0.15) is 38.3 Å². The second-order valence-electron chi connectivity index (χ2n) is 6.01. The molecule has 1 aromatic carbocycles. The van der Waals surface area contributed by atoms with Crippen LogP contribution in [-0.4, -0.2) is 28.9 Å². The molecule has 6 nitrogen and oxygen atoms in total. The van der Waals surface area contributed by atoms with Gasteiger partial charge in [-0.2, -0.15) is 0 Å². The number of ether oxygens (including phenoxy) is 1. The Bertz CT molecular complexity index is 1070. The number of ketones is 1. The Morgan fingerprint density at radius 3 is 2.59 bits per heavy atom. The Hall–Kier alpha value is -2.64. The third kappa shape index (κ3) is 3.74. The quantitative estimate of drug-likeness (QED) is 0.513. The molecule has 1 N–H and O–H groups in total. The Morgan fingerprint density at radius 1 is 1.22 bits per heavy atom. The summed E-state index contributed by atoms with van der Waals surface area (Å²) in [6.45, 7) is 4.38. The third-order valence-corrected chi connectivity index (χ3v) is 5.77. The van der Waals surface area contributed by atoms with Crippen molar-refractivity contribution >= 4 is 50.7 Å². The second-order valence-corrected chi connectivity index (χ2v) is 7.44. The van der Waals surface area contributed by atoms with Crippen molar-refractivity contribution in [2.75, 3.05) is 12.0 Å². The minimum atomic E-state index is -0.523. The first-order chi connectivity index (χ1) is 12.8. The summed E-state index contributed by atoms with van der Waals surface area (Å²) >= 11 is 7.67. The lowest BCUT2D eigenvalue weighted by atomic mass is 10.2. The van der Waals surface area contributed by atoms with E-state index in [1.807, 2.05) is 24.3 Å². The molecule has 0 bridgehead atoms. The molecule has 0 fully saturated rings. The number of aryl methyl sites for hydroxylation is 1. The van der Waals surface area contributed by atoms with E-state index < -0.39 is 5.97 Å². The van der Waals surface area contributed by atoms with Gasteiger partial charge < -0.3 is 4.74 Å². The number of hydrogen-bond acceptors (Lipinski definition) is 5. The van der Waals surface area contributed by atoms with Crippen molar-refractivity contribution in [3.63, 3.8) is 0 Å². The predicted octanol–water partition coefficient (Wildman–Crippen LogP) is 4.10. The van der Waals surface area contributed by atoms with Crippen molar-refractivity contribution in [2.45, 2.75) is 20.8 Å². The fourth-order valence-corrected chi connectivity index (χ4v) is 4.18. The Kier molecular flexibility index (Phi) is 5.34. The lowest BCUT2D eigenvalue weighted by Crippen LogP contribution is -2.24. The van der Waals surface area contributed by atoms with Gasteiger partial charge in [0.25, 0.3) is 5.91 Å². The molecule has 140 valence electrons. The molecule has 1 amide bonds. The van der Waals surface area contributed by atoms with E-state index in [-0.39, 0.29) is 18.3 Å². The maximum absolute atomic E-state index is 12.7. The van der Waals surface area contributed by atoms with E-state index in [9.17, 15) is 14.4 Å². The maximum atomic E-state index is 12.7. The van der Waals surface area contributed by atoms with Gasteiger partial charge in [0.15, 0.2) is 6.61 Å². The van der Waals surface area contributed by atoms with E-state index in [1.165, 1.54) is 22.9 Å². The van der Waals surface area contributed by atoms with Crippen LogP contribution in [0.25, 0.3) is 10.1 Å². The molecule has 0 unspecified atom stereocenters. The molecule has 0 aliphatic heterocycles. The SMILES string of the molecule is CC(=O)OCC(=O)c1cc(C)n(NC(=O)c2sc3ccccc3c2Cl)c1C. The predicted molar refractivity (Wildman–Crippen MR) is 105 cm³/mol. The van der Waals surface area contributed by atoms with E-state index in [2.05, 4.69) is 5.43 Å². The highest BCUT2D eigenvalue weighted by atomic mass is 35.5. The van der Waals surface area contributed by atoms with Gasteiger partial charge in [-0.05, 0) is 26.0 Å². The average molecular weight is 405 g/mol. The molecule has 2 aromatic heterocycles. The van der Waals surface area contributed by atoms with Crippen LogP contribution in [0.2, 0.25) is 5.02 Å². The van der Waals surface area contributed by atoms with Crippen LogP contribution in [0.15, 0.2) is 30.3 Å². The minimum Gasteiger partial charge on any atom is -0.457 e. The van der Waals surface area contributed by atoms with Crippen molar-refractivity contribution in [3.8, 4) is 0 Å². The molecule has 0 atom stereocenters. The summed E-state index contributed by atoms with van der Waals surface area (Å²) in [6.07, 6.45) is 0. The van der Waals surface area contributed by atoms with Crippen molar-refractivity contribution in [1.29, 1.82) is 0 Å². The number of carbonyl (C=O) groups excluding carboxylic acids is 3. The van der Waals surface area contributed by atoms with Gasteiger partial charge in [-0.3, -0.25) is 24.5 Å². The Balaban J connectivity index is 1.86. The van der Waals surface area contributed by atoms with E-state index >= 15 is 0 Å². The zero-order valence-corrected chi connectivity index (χ0v) is 16.5. The highest BCUT2D eigenvalue weighted by Gasteiger charge is 2.21. The van der Waals surface area contributed by atoms with Crippen LogP contribution in [0.4, 0.5) is 0 Å². The molecule has 2 heterocycles. The van der Waals surface area contributed by atoms with Crippen molar-refractivity contribution < 1.29 is 19.1 Å². The highest BCUT2D eigenvalue weighted by molar-refractivity contribution is 7.21. The standard InChI is InChI=1S/C19H17ClN2O4S/c1-10-8-14(15(24)9-26-12(3)23)11(2)22(10)21-19(25)18-17(20)13-6-4-5-7-16(13)27-18/h4-8H,9H2,1-3H3,(H,21,25). The highest BCUT2D eigenvalue weighted by Crippen LogP contribution is 2.35. The summed E-state index contributed by atoms with van der Waals surface area (Å²) in [6, 6.07) is 9.17. The molecule has 0 saturated carbocycles. The molecule has 0 aliphatic rings. The number of carbonyl (C=O) groups is 3. The van der Waals surface area contributed by atoms with Crippen molar-refractivity contribution in [3.05, 3.63) is 57.2 Å². The van der Waals surface area contributed by atoms with Crippen molar-refractivity contribution in [1.82, 2.24) is 4.68 Å². The van der Waals surface area contributed by atoms with E-state index in [0.29, 0.717) is 26.9 Å². The fraction of sp³-hybridized carbons (Fsp3) is 0.211. The van der Waals surface area contributed by atoms with Gasteiger partial charge in [-0.1, -0.05) is 29.8 Å². The van der Waals surface area contributed by atoms with E-state index in [0.717, 1.165) is 10.1 Å². The lowest BCUT2D eigenvalue weighted by Gasteiger charge is -2.11. The Morgan fingerprint density at radius 2 is 1.93 bits per heavy atom. The number of nitrogens with zero attached hydrogens (tertiary/aromatic N) is 1. The second kappa shape index (κ2) is 7.54. The summed E-state index contributed by atoms with van der Waals surface area (Å²) in [5, 5.41) is 1.23. The topological polar surface area (TPSA) is 77.4 Å². The first-order valence-electron chi connectivity index (χ1n) is 8.13. The number of aromatic nitrogens is 1. The number of fused-ring (bicyclic) bond motifs is 1. The molecule has 8 heteroatoms. The lowest BCUT2D eigenvalue weighted by molar-refractivity contribution is -0.139. The zero-order valence-electron chi connectivity index (χ0n) is 15.0. The van der Waals surface area contributed by atoms with E-state index in [1.54, 1.807) is 19.9 Å².